The second-order valence-corrected chi connectivity index (χ2v) is 4.06. The summed E-state index contributed by atoms with van der Waals surface area (Å²) in [7, 11) is 0. The van der Waals surface area contributed by atoms with Gasteiger partial charge in [0.2, 0.25) is 0 Å². The molecule has 1 N–H and O–H groups in total. The van der Waals surface area contributed by atoms with E-state index in [1.807, 2.05) is 0 Å². The molecule has 1 aliphatic heterocycles. The topological polar surface area (TPSA) is 38.3 Å². The minimum Gasteiger partial charge on any atom is -0.447 e. The molecule has 1 saturated heterocycles. The van der Waals surface area contributed by atoms with E-state index in [1.165, 1.54) is 0 Å². The maximum Gasteiger partial charge on any atom is 0.416 e. The van der Waals surface area contributed by atoms with Gasteiger partial charge in [0.25, 0.3) is 0 Å². The number of nitrogens with one attached hydrogen (secondary N) is 1. The van der Waals surface area contributed by atoms with Crippen LogP contribution in [0.3, 0.4) is 0 Å². The molecule has 0 aromatic heterocycles. The van der Waals surface area contributed by atoms with E-state index in [9.17, 15) is 22.4 Å². The zero-order chi connectivity index (χ0) is 13.5. The zero-order valence-electron chi connectivity index (χ0n) is 9.05. The lowest BCUT2D eigenvalue weighted by atomic mass is 10.0. The first kappa shape index (κ1) is 15.8. The third kappa shape index (κ3) is 3.22. The average molecular weight is 320 g/mol. The Morgan fingerprint density at radius 3 is 2.47 bits per heavy atom. The molecular formula is C10H7Cl2F4NO2. The average Bonchev–Trinajstić information content (AvgIpc) is 2.67. The Bertz CT molecular complexity index is 507. The number of alkyl carbamates (subject to hydrolysis) is 1. The van der Waals surface area contributed by atoms with Gasteiger partial charge in [0, 0.05) is 5.56 Å². The Labute approximate surface area is 116 Å². The van der Waals surface area contributed by atoms with Gasteiger partial charge in [0.05, 0.1) is 16.6 Å². The van der Waals surface area contributed by atoms with Crippen LogP contribution in [0.5, 0.6) is 0 Å². The lowest BCUT2D eigenvalue weighted by Crippen LogP contribution is -2.20. The zero-order valence-corrected chi connectivity index (χ0v) is 10.6. The highest BCUT2D eigenvalue weighted by atomic mass is 35.5. The normalized spacial score (nSPS) is 18.6. The van der Waals surface area contributed by atoms with Crippen molar-refractivity contribution < 1.29 is 27.1 Å². The van der Waals surface area contributed by atoms with Gasteiger partial charge in [-0.15, -0.1) is 12.4 Å². The number of halogens is 6. The molecule has 2 rings (SSSR count). The molecule has 1 aromatic carbocycles. The minimum absolute atomic E-state index is 0. The van der Waals surface area contributed by atoms with Crippen molar-refractivity contribution in [2.24, 2.45) is 0 Å². The van der Waals surface area contributed by atoms with Crippen molar-refractivity contribution in [1.82, 2.24) is 5.32 Å². The van der Waals surface area contributed by atoms with Gasteiger partial charge >= 0.3 is 12.3 Å². The van der Waals surface area contributed by atoms with Crippen LogP contribution in [0.25, 0.3) is 0 Å². The molecule has 1 fully saturated rings. The third-order valence-corrected chi connectivity index (χ3v) is 2.71. The number of benzene rings is 1. The summed E-state index contributed by atoms with van der Waals surface area (Å²) in [5.74, 6) is -1.000. The molecule has 0 radical (unpaired) electrons. The number of rotatable bonds is 1. The Balaban J connectivity index is 0.00000180. The summed E-state index contributed by atoms with van der Waals surface area (Å²) in [6, 6.07) is 0.135. The fraction of sp³-hybridized carbons (Fsp3) is 0.300. The Morgan fingerprint density at radius 2 is 2.00 bits per heavy atom. The SMILES string of the molecule is Cl.O=C1N[C@H](c2cc(C(F)(F)F)cc(Cl)c2F)CO1. The molecule has 1 amide bonds. The molecule has 0 bridgehead atoms. The molecule has 0 saturated carbocycles. The van der Waals surface area contributed by atoms with Gasteiger partial charge in [-0.3, -0.25) is 0 Å². The molecule has 19 heavy (non-hydrogen) atoms. The van der Waals surface area contributed by atoms with Gasteiger partial charge in [-0.05, 0) is 12.1 Å². The van der Waals surface area contributed by atoms with E-state index in [0.29, 0.717) is 12.1 Å². The van der Waals surface area contributed by atoms with Crippen LogP contribution in [-0.4, -0.2) is 12.7 Å². The van der Waals surface area contributed by atoms with Gasteiger partial charge in [-0.1, -0.05) is 11.6 Å². The van der Waals surface area contributed by atoms with Crippen LogP contribution in [0.15, 0.2) is 12.1 Å². The smallest absolute Gasteiger partial charge is 0.416 e. The van der Waals surface area contributed by atoms with E-state index in [2.05, 4.69) is 10.1 Å². The van der Waals surface area contributed by atoms with Crippen molar-refractivity contribution in [3.63, 3.8) is 0 Å². The van der Waals surface area contributed by atoms with Gasteiger partial charge in [-0.2, -0.15) is 13.2 Å². The van der Waals surface area contributed by atoms with Crippen LogP contribution in [0.2, 0.25) is 5.02 Å². The van der Waals surface area contributed by atoms with Crippen LogP contribution in [0.1, 0.15) is 17.2 Å². The number of carbonyl (C=O) groups excluding carboxylic acids is 1. The second-order valence-electron chi connectivity index (χ2n) is 3.65. The quantitative estimate of drug-likeness (QED) is 0.801. The first-order valence-corrected chi connectivity index (χ1v) is 5.16. The summed E-state index contributed by atoms with van der Waals surface area (Å²) in [6.07, 6.45) is -5.46. The number of ether oxygens (including phenoxy) is 1. The summed E-state index contributed by atoms with van der Waals surface area (Å²) >= 11 is 5.41. The van der Waals surface area contributed by atoms with Crippen molar-refractivity contribution in [2.45, 2.75) is 12.2 Å². The highest BCUT2D eigenvalue weighted by Gasteiger charge is 2.35. The van der Waals surface area contributed by atoms with Gasteiger partial charge in [0.15, 0.2) is 0 Å². The molecule has 0 unspecified atom stereocenters. The van der Waals surface area contributed by atoms with E-state index in [0.717, 1.165) is 0 Å². The number of hydrogen-bond acceptors (Lipinski definition) is 2. The molecule has 3 nitrogen and oxygen atoms in total. The van der Waals surface area contributed by atoms with Gasteiger partial charge in [-0.25, -0.2) is 9.18 Å². The first-order valence-electron chi connectivity index (χ1n) is 4.78. The summed E-state index contributed by atoms with van der Waals surface area (Å²) in [5.41, 5.74) is -1.43. The number of cyclic esters (lactones) is 1. The molecule has 0 aliphatic carbocycles. The molecule has 9 heteroatoms. The fourth-order valence-corrected chi connectivity index (χ4v) is 1.81. The van der Waals surface area contributed by atoms with E-state index in [4.69, 9.17) is 11.6 Å². The van der Waals surface area contributed by atoms with Crippen molar-refractivity contribution in [3.05, 3.63) is 34.1 Å². The predicted octanol–water partition coefficient (Wildman–Crippen LogP) is 3.70. The van der Waals surface area contributed by atoms with Crippen LogP contribution in [-0.2, 0) is 10.9 Å². The van der Waals surface area contributed by atoms with Crippen molar-refractivity contribution in [1.29, 1.82) is 0 Å². The summed E-state index contributed by atoms with van der Waals surface area (Å²) in [6.45, 7) is -0.243. The molecule has 1 heterocycles. The van der Waals surface area contributed by atoms with E-state index in [1.54, 1.807) is 0 Å². The molecule has 1 atom stereocenters. The Hall–Kier alpha value is -1.21. The summed E-state index contributed by atoms with van der Waals surface area (Å²) in [4.78, 5) is 10.8. The number of amides is 1. The van der Waals surface area contributed by atoms with Crippen molar-refractivity contribution in [2.75, 3.05) is 6.61 Å². The predicted molar refractivity (Wildman–Crippen MR) is 60.9 cm³/mol. The van der Waals surface area contributed by atoms with E-state index in [-0.39, 0.29) is 24.6 Å². The van der Waals surface area contributed by atoms with Crippen molar-refractivity contribution >= 4 is 30.1 Å². The molecular weight excluding hydrogens is 313 g/mol. The standard InChI is InChI=1S/C10H6ClF4NO2.ClH/c11-6-2-4(10(13,14)15)1-5(8(6)12)7-3-18-9(17)16-7;/h1-2,7H,3H2,(H,16,17);1H/t7-;/m0./s1. The highest BCUT2D eigenvalue weighted by Crippen LogP contribution is 2.35. The van der Waals surface area contributed by atoms with Gasteiger partial charge in [0.1, 0.15) is 12.4 Å². The van der Waals surface area contributed by atoms with Crippen LogP contribution >= 0.6 is 24.0 Å². The molecule has 1 aromatic rings. The first-order chi connectivity index (χ1) is 8.29. The molecule has 0 spiro atoms. The molecule has 1 aliphatic rings. The largest absolute Gasteiger partial charge is 0.447 e. The third-order valence-electron chi connectivity index (χ3n) is 2.43. The Morgan fingerprint density at radius 1 is 1.37 bits per heavy atom. The summed E-state index contributed by atoms with van der Waals surface area (Å²) < 4.78 is 55.8. The second kappa shape index (κ2) is 5.42. The highest BCUT2D eigenvalue weighted by molar-refractivity contribution is 6.30. The van der Waals surface area contributed by atoms with Crippen LogP contribution in [0.4, 0.5) is 22.4 Å². The number of carbonyl (C=O) groups is 1. The fourth-order valence-electron chi connectivity index (χ4n) is 1.58. The monoisotopic (exact) mass is 319 g/mol. The Kier molecular flexibility index (Phi) is 4.52. The maximum absolute atomic E-state index is 13.6. The van der Waals surface area contributed by atoms with E-state index >= 15 is 0 Å². The number of alkyl halides is 3. The lowest BCUT2D eigenvalue weighted by molar-refractivity contribution is -0.137. The van der Waals surface area contributed by atoms with E-state index < -0.39 is 34.7 Å². The van der Waals surface area contributed by atoms with Crippen LogP contribution < -0.4 is 5.32 Å². The van der Waals surface area contributed by atoms with Crippen LogP contribution in [0, 0.1) is 5.82 Å². The minimum atomic E-state index is -4.64. The summed E-state index contributed by atoms with van der Waals surface area (Å²) in [5, 5.41) is 1.54. The maximum atomic E-state index is 13.6. The lowest BCUT2D eigenvalue weighted by Gasteiger charge is -2.14. The van der Waals surface area contributed by atoms with Gasteiger partial charge < -0.3 is 10.1 Å². The number of hydrogen-bond donors (Lipinski definition) is 1. The van der Waals surface area contributed by atoms with Crippen molar-refractivity contribution in [3.8, 4) is 0 Å². The molecule has 106 valence electrons.